The molecule has 0 heterocycles. The zero-order chi connectivity index (χ0) is 17.5. The van der Waals surface area contributed by atoms with Crippen molar-refractivity contribution < 1.29 is 19.4 Å². The molecule has 0 unspecified atom stereocenters. The molecule has 0 aliphatic carbocycles. The number of carboxylic acid groups (broad SMARTS) is 1. The van der Waals surface area contributed by atoms with Crippen LogP contribution in [0.5, 0.6) is 5.75 Å². The van der Waals surface area contributed by atoms with Crippen LogP contribution in [-0.4, -0.2) is 23.6 Å². The topological polar surface area (TPSA) is 75.6 Å². The van der Waals surface area contributed by atoms with Crippen molar-refractivity contribution in [3.8, 4) is 5.75 Å². The highest BCUT2D eigenvalue weighted by molar-refractivity contribution is 5.83. The lowest BCUT2D eigenvalue weighted by Gasteiger charge is -2.13. The minimum absolute atomic E-state index is 0.0579. The molecule has 0 aliphatic rings. The Morgan fingerprint density at radius 2 is 1.92 bits per heavy atom. The van der Waals surface area contributed by atoms with Gasteiger partial charge >= 0.3 is 5.97 Å². The second-order valence-corrected chi connectivity index (χ2v) is 5.68. The fourth-order valence-corrected chi connectivity index (χ4v) is 2.32. The summed E-state index contributed by atoms with van der Waals surface area (Å²) >= 11 is 0. The molecule has 2 aromatic rings. The number of benzene rings is 2. The smallest absolute Gasteiger partial charge is 0.341 e. The number of rotatable bonds is 7. The number of hydrogen-bond donors (Lipinski definition) is 2. The maximum Gasteiger partial charge on any atom is 0.341 e. The van der Waals surface area contributed by atoms with E-state index in [0.29, 0.717) is 12.3 Å². The van der Waals surface area contributed by atoms with E-state index in [1.165, 1.54) is 0 Å². The number of nitrogens with one attached hydrogen (secondary N) is 1. The van der Waals surface area contributed by atoms with E-state index in [2.05, 4.69) is 5.32 Å². The standard InChI is InChI=1S/C19H21NO4/c1-13-5-3-7-16(9-13)14(2)19(23)20-11-15-6-4-8-17(10-15)24-12-18(21)22/h3-10,14H,11-12H2,1-2H3,(H,20,23)(H,21,22)/t14-/m1/s1. The van der Waals surface area contributed by atoms with Crippen LogP contribution in [0.2, 0.25) is 0 Å². The molecule has 2 aromatic carbocycles. The van der Waals surface area contributed by atoms with Crippen LogP contribution in [-0.2, 0) is 16.1 Å². The van der Waals surface area contributed by atoms with E-state index >= 15 is 0 Å². The van der Waals surface area contributed by atoms with E-state index < -0.39 is 5.97 Å². The van der Waals surface area contributed by atoms with Crippen molar-refractivity contribution in [2.45, 2.75) is 26.3 Å². The maximum absolute atomic E-state index is 12.3. The van der Waals surface area contributed by atoms with Gasteiger partial charge in [0.15, 0.2) is 6.61 Å². The fraction of sp³-hybridized carbons (Fsp3) is 0.263. The van der Waals surface area contributed by atoms with Crippen LogP contribution >= 0.6 is 0 Å². The molecule has 24 heavy (non-hydrogen) atoms. The lowest BCUT2D eigenvalue weighted by Crippen LogP contribution is -2.27. The molecule has 1 atom stereocenters. The maximum atomic E-state index is 12.3. The predicted octanol–water partition coefficient (Wildman–Crippen LogP) is 2.88. The summed E-state index contributed by atoms with van der Waals surface area (Å²) in [4.78, 5) is 22.8. The second kappa shape index (κ2) is 8.15. The molecule has 0 aliphatic heterocycles. The van der Waals surface area contributed by atoms with Crippen LogP contribution in [0.15, 0.2) is 48.5 Å². The Kier molecular flexibility index (Phi) is 5.95. The largest absolute Gasteiger partial charge is 0.482 e. The Balaban J connectivity index is 1.93. The van der Waals surface area contributed by atoms with Gasteiger partial charge in [-0.1, -0.05) is 42.0 Å². The molecule has 2 rings (SSSR count). The van der Waals surface area contributed by atoms with Crippen molar-refractivity contribution in [1.29, 1.82) is 0 Å². The molecule has 0 radical (unpaired) electrons. The van der Waals surface area contributed by atoms with Crippen LogP contribution in [0.25, 0.3) is 0 Å². The number of aryl methyl sites for hydroxylation is 1. The van der Waals surface area contributed by atoms with Crippen LogP contribution in [0.4, 0.5) is 0 Å². The number of carboxylic acids is 1. The van der Waals surface area contributed by atoms with Gasteiger partial charge in [-0.25, -0.2) is 4.79 Å². The average molecular weight is 327 g/mol. The lowest BCUT2D eigenvalue weighted by atomic mass is 9.98. The molecular formula is C19H21NO4. The summed E-state index contributed by atoms with van der Waals surface area (Å²) in [6.07, 6.45) is 0. The van der Waals surface area contributed by atoms with Gasteiger partial charge in [0.05, 0.1) is 5.92 Å². The van der Waals surface area contributed by atoms with Gasteiger partial charge in [-0.2, -0.15) is 0 Å². The van der Waals surface area contributed by atoms with E-state index in [0.717, 1.165) is 16.7 Å². The van der Waals surface area contributed by atoms with Crippen LogP contribution in [0.1, 0.15) is 29.5 Å². The molecule has 0 saturated heterocycles. The summed E-state index contributed by atoms with van der Waals surface area (Å²) in [5.74, 6) is -0.856. The summed E-state index contributed by atoms with van der Waals surface area (Å²) in [7, 11) is 0. The van der Waals surface area contributed by atoms with Gasteiger partial charge in [-0.3, -0.25) is 4.79 Å². The van der Waals surface area contributed by atoms with Crippen molar-refractivity contribution in [3.63, 3.8) is 0 Å². The Hall–Kier alpha value is -2.82. The minimum atomic E-state index is -1.03. The summed E-state index contributed by atoms with van der Waals surface area (Å²) in [5.41, 5.74) is 2.95. The zero-order valence-corrected chi connectivity index (χ0v) is 13.8. The Morgan fingerprint density at radius 3 is 2.62 bits per heavy atom. The second-order valence-electron chi connectivity index (χ2n) is 5.68. The molecule has 5 nitrogen and oxygen atoms in total. The predicted molar refractivity (Wildman–Crippen MR) is 91.0 cm³/mol. The molecule has 2 N–H and O–H groups in total. The molecule has 0 bridgehead atoms. The average Bonchev–Trinajstić information content (AvgIpc) is 2.57. The minimum Gasteiger partial charge on any atom is -0.482 e. The summed E-state index contributed by atoms with van der Waals surface area (Å²) in [6.45, 7) is 3.84. The molecule has 0 saturated carbocycles. The third-order valence-corrected chi connectivity index (χ3v) is 3.66. The molecular weight excluding hydrogens is 306 g/mol. The highest BCUT2D eigenvalue weighted by atomic mass is 16.5. The number of amides is 1. The van der Waals surface area contributed by atoms with Crippen molar-refractivity contribution in [2.75, 3.05) is 6.61 Å². The van der Waals surface area contributed by atoms with Crippen molar-refractivity contribution in [2.24, 2.45) is 0 Å². The van der Waals surface area contributed by atoms with Gasteiger partial charge in [0.2, 0.25) is 5.91 Å². The van der Waals surface area contributed by atoms with E-state index in [1.807, 2.05) is 44.2 Å². The normalized spacial score (nSPS) is 11.6. The summed E-state index contributed by atoms with van der Waals surface area (Å²) in [5, 5.41) is 11.5. The fourth-order valence-electron chi connectivity index (χ4n) is 2.32. The van der Waals surface area contributed by atoms with E-state index in [-0.39, 0.29) is 18.4 Å². The highest BCUT2D eigenvalue weighted by Crippen LogP contribution is 2.17. The SMILES string of the molecule is Cc1cccc([C@@H](C)C(=O)NCc2cccc(OCC(=O)O)c2)c1. The first-order valence-corrected chi connectivity index (χ1v) is 7.73. The quantitative estimate of drug-likeness (QED) is 0.820. The molecule has 0 spiro atoms. The zero-order valence-electron chi connectivity index (χ0n) is 13.8. The number of aliphatic carboxylic acids is 1. The summed E-state index contributed by atoms with van der Waals surface area (Å²) in [6, 6.07) is 14.9. The Bertz CT molecular complexity index is 727. The lowest BCUT2D eigenvalue weighted by molar-refractivity contribution is -0.139. The van der Waals surface area contributed by atoms with Gasteiger partial charge < -0.3 is 15.2 Å². The number of carbonyl (C=O) groups excluding carboxylic acids is 1. The molecule has 0 aromatic heterocycles. The van der Waals surface area contributed by atoms with Crippen LogP contribution in [0, 0.1) is 6.92 Å². The van der Waals surface area contributed by atoms with Crippen molar-refractivity contribution in [1.82, 2.24) is 5.32 Å². The van der Waals surface area contributed by atoms with Gasteiger partial charge in [0, 0.05) is 6.54 Å². The summed E-state index contributed by atoms with van der Waals surface area (Å²) < 4.78 is 5.13. The van der Waals surface area contributed by atoms with Crippen LogP contribution < -0.4 is 10.1 Å². The third kappa shape index (κ3) is 5.12. The van der Waals surface area contributed by atoms with E-state index in [4.69, 9.17) is 9.84 Å². The first kappa shape index (κ1) is 17.5. The molecule has 1 amide bonds. The molecule has 0 fully saturated rings. The third-order valence-electron chi connectivity index (χ3n) is 3.66. The Morgan fingerprint density at radius 1 is 1.17 bits per heavy atom. The highest BCUT2D eigenvalue weighted by Gasteiger charge is 2.14. The first-order valence-electron chi connectivity index (χ1n) is 7.73. The van der Waals surface area contributed by atoms with E-state index in [9.17, 15) is 9.59 Å². The van der Waals surface area contributed by atoms with Crippen molar-refractivity contribution >= 4 is 11.9 Å². The van der Waals surface area contributed by atoms with Gasteiger partial charge in [-0.15, -0.1) is 0 Å². The van der Waals surface area contributed by atoms with Gasteiger partial charge in [-0.05, 0) is 37.1 Å². The first-order chi connectivity index (χ1) is 11.5. The van der Waals surface area contributed by atoms with Crippen LogP contribution in [0.3, 0.4) is 0 Å². The van der Waals surface area contributed by atoms with Crippen molar-refractivity contribution in [3.05, 3.63) is 65.2 Å². The molecule has 5 heteroatoms. The molecule has 126 valence electrons. The Labute approximate surface area is 141 Å². The van der Waals surface area contributed by atoms with E-state index in [1.54, 1.807) is 18.2 Å². The number of ether oxygens (including phenoxy) is 1. The van der Waals surface area contributed by atoms with Gasteiger partial charge in [0.25, 0.3) is 0 Å². The number of carbonyl (C=O) groups is 2. The number of hydrogen-bond acceptors (Lipinski definition) is 3. The van der Waals surface area contributed by atoms with Gasteiger partial charge in [0.1, 0.15) is 5.75 Å². The monoisotopic (exact) mass is 327 g/mol.